The largest absolute Gasteiger partial charge is 0.387 e. The summed E-state index contributed by atoms with van der Waals surface area (Å²) in [6.45, 7) is 7.60. The van der Waals surface area contributed by atoms with Gasteiger partial charge in [-0.3, -0.25) is 0 Å². The van der Waals surface area contributed by atoms with Crippen molar-refractivity contribution in [3.63, 3.8) is 0 Å². The van der Waals surface area contributed by atoms with Crippen LogP contribution in [0.1, 0.15) is 45.3 Å². The van der Waals surface area contributed by atoms with E-state index < -0.39 is 6.10 Å². The van der Waals surface area contributed by atoms with Crippen LogP contribution in [0, 0.1) is 5.92 Å². The van der Waals surface area contributed by atoms with Crippen LogP contribution in [0.25, 0.3) is 0 Å². The normalized spacial score (nSPS) is 15.1. The van der Waals surface area contributed by atoms with Gasteiger partial charge in [-0.2, -0.15) is 0 Å². The van der Waals surface area contributed by atoms with Gasteiger partial charge in [-0.05, 0) is 31.5 Å². The summed E-state index contributed by atoms with van der Waals surface area (Å²) in [5.74, 6) is 0.432. The highest BCUT2D eigenvalue weighted by molar-refractivity contribution is 5.19. The molecule has 0 aliphatic heterocycles. The van der Waals surface area contributed by atoms with Crippen molar-refractivity contribution in [1.29, 1.82) is 0 Å². The van der Waals surface area contributed by atoms with Crippen molar-refractivity contribution in [2.75, 3.05) is 13.6 Å². The van der Waals surface area contributed by atoms with Gasteiger partial charge in [0, 0.05) is 6.04 Å². The first-order valence-corrected chi connectivity index (χ1v) is 7.01. The van der Waals surface area contributed by atoms with E-state index in [1.807, 2.05) is 30.3 Å². The van der Waals surface area contributed by atoms with Crippen LogP contribution in [-0.2, 0) is 0 Å². The Labute approximate surface area is 112 Å². The van der Waals surface area contributed by atoms with Gasteiger partial charge in [0.15, 0.2) is 0 Å². The van der Waals surface area contributed by atoms with Crippen molar-refractivity contribution in [3.05, 3.63) is 35.9 Å². The zero-order valence-electron chi connectivity index (χ0n) is 12.1. The fourth-order valence-corrected chi connectivity index (χ4v) is 2.52. The first kappa shape index (κ1) is 15.2. The standard InChI is InChI=1S/C16H27NO/c1-5-6-12-17(4)15(13(2)3)16(18)14-10-8-7-9-11-14/h7-11,13,15-16,18H,5-6,12H2,1-4H3. The lowest BCUT2D eigenvalue weighted by molar-refractivity contribution is 0.0358. The molecule has 2 atom stereocenters. The highest BCUT2D eigenvalue weighted by atomic mass is 16.3. The molecule has 1 N–H and O–H groups in total. The van der Waals surface area contributed by atoms with E-state index in [9.17, 15) is 5.11 Å². The van der Waals surface area contributed by atoms with Crippen LogP contribution in [0.2, 0.25) is 0 Å². The van der Waals surface area contributed by atoms with Gasteiger partial charge in [-0.25, -0.2) is 0 Å². The average Bonchev–Trinajstić information content (AvgIpc) is 2.37. The predicted molar refractivity (Wildman–Crippen MR) is 77.6 cm³/mol. The van der Waals surface area contributed by atoms with Crippen LogP contribution >= 0.6 is 0 Å². The van der Waals surface area contributed by atoms with E-state index in [-0.39, 0.29) is 6.04 Å². The minimum atomic E-state index is -0.409. The summed E-state index contributed by atoms with van der Waals surface area (Å²) < 4.78 is 0. The van der Waals surface area contributed by atoms with E-state index in [0.29, 0.717) is 5.92 Å². The fraction of sp³-hybridized carbons (Fsp3) is 0.625. The van der Waals surface area contributed by atoms with Crippen molar-refractivity contribution in [2.45, 2.75) is 45.8 Å². The number of aliphatic hydroxyl groups excluding tert-OH is 1. The van der Waals surface area contributed by atoms with Gasteiger partial charge >= 0.3 is 0 Å². The fourth-order valence-electron chi connectivity index (χ4n) is 2.52. The molecule has 102 valence electrons. The smallest absolute Gasteiger partial charge is 0.0947 e. The highest BCUT2D eigenvalue weighted by Crippen LogP contribution is 2.25. The number of hydrogen-bond donors (Lipinski definition) is 1. The Hall–Kier alpha value is -0.860. The van der Waals surface area contributed by atoms with Crippen LogP contribution < -0.4 is 0 Å². The molecule has 0 radical (unpaired) electrons. The summed E-state index contributed by atoms with van der Waals surface area (Å²) in [6, 6.07) is 10.2. The first-order valence-electron chi connectivity index (χ1n) is 7.01. The Bertz CT molecular complexity index is 323. The average molecular weight is 249 g/mol. The van der Waals surface area contributed by atoms with Gasteiger partial charge in [-0.15, -0.1) is 0 Å². The molecule has 0 saturated heterocycles. The second-order valence-corrected chi connectivity index (χ2v) is 5.42. The van der Waals surface area contributed by atoms with Gasteiger partial charge in [0.2, 0.25) is 0 Å². The highest BCUT2D eigenvalue weighted by Gasteiger charge is 2.27. The van der Waals surface area contributed by atoms with Crippen molar-refractivity contribution in [1.82, 2.24) is 4.90 Å². The van der Waals surface area contributed by atoms with Gasteiger partial charge in [0.1, 0.15) is 0 Å². The van der Waals surface area contributed by atoms with E-state index in [1.165, 1.54) is 12.8 Å². The molecule has 1 aromatic carbocycles. The molecule has 0 saturated carbocycles. The Kier molecular flexibility index (Phi) is 6.37. The molecule has 2 nitrogen and oxygen atoms in total. The summed E-state index contributed by atoms with van der Waals surface area (Å²) in [4.78, 5) is 2.30. The summed E-state index contributed by atoms with van der Waals surface area (Å²) in [5.41, 5.74) is 1.01. The zero-order valence-corrected chi connectivity index (χ0v) is 12.1. The van der Waals surface area contributed by atoms with Gasteiger partial charge in [0.05, 0.1) is 6.10 Å². The molecule has 1 aromatic rings. The molecule has 0 aromatic heterocycles. The van der Waals surface area contributed by atoms with Crippen LogP contribution in [0.3, 0.4) is 0 Å². The molecular weight excluding hydrogens is 222 g/mol. The van der Waals surface area contributed by atoms with Gasteiger partial charge in [-0.1, -0.05) is 57.5 Å². The molecule has 0 fully saturated rings. The molecule has 0 heterocycles. The van der Waals surface area contributed by atoms with Crippen molar-refractivity contribution < 1.29 is 5.11 Å². The summed E-state index contributed by atoms with van der Waals surface area (Å²) in [5, 5.41) is 10.6. The molecule has 2 unspecified atom stereocenters. The van der Waals surface area contributed by atoms with Crippen LogP contribution in [0.5, 0.6) is 0 Å². The van der Waals surface area contributed by atoms with E-state index in [4.69, 9.17) is 0 Å². The molecule has 2 heteroatoms. The Morgan fingerprint density at radius 1 is 1.17 bits per heavy atom. The number of rotatable bonds is 7. The van der Waals surface area contributed by atoms with E-state index >= 15 is 0 Å². The maximum absolute atomic E-state index is 10.6. The van der Waals surface area contributed by atoms with Crippen molar-refractivity contribution >= 4 is 0 Å². The molecule has 18 heavy (non-hydrogen) atoms. The Morgan fingerprint density at radius 2 is 1.78 bits per heavy atom. The molecule has 1 rings (SSSR count). The van der Waals surface area contributed by atoms with E-state index in [2.05, 4.69) is 32.7 Å². The third-order valence-corrected chi connectivity index (χ3v) is 3.52. The van der Waals surface area contributed by atoms with E-state index in [0.717, 1.165) is 12.1 Å². The number of likely N-dealkylation sites (N-methyl/N-ethyl adjacent to an activating group) is 1. The minimum absolute atomic E-state index is 0.180. The lowest BCUT2D eigenvalue weighted by atomic mass is 9.92. The number of hydrogen-bond acceptors (Lipinski definition) is 2. The van der Waals surface area contributed by atoms with Crippen LogP contribution in [0.4, 0.5) is 0 Å². The minimum Gasteiger partial charge on any atom is -0.387 e. The Balaban J connectivity index is 2.78. The predicted octanol–water partition coefficient (Wildman–Crippen LogP) is 3.48. The number of nitrogens with zero attached hydrogens (tertiary/aromatic N) is 1. The van der Waals surface area contributed by atoms with Crippen LogP contribution in [0.15, 0.2) is 30.3 Å². The van der Waals surface area contributed by atoms with Crippen LogP contribution in [-0.4, -0.2) is 29.6 Å². The first-order chi connectivity index (χ1) is 8.57. The second-order valence-electron chi connectivity index (χ2n) is 5.42. The monoisotopic (exact) mass is 249 g/mol. The quantitative estimate of drug-likeness (QED) is 0.799. The molecule has 0 spiro atoms. The molecular formula is C16H27NO. The maximum Gasteiger partial charge on any atom is 0.0947 e. The molecule has 0 bridgehead atoms. The van der Waals surface area contributed by atoms with Crippen molar-refractivity contribution in [3.8, 4) is 0 Å². The summed E-state index contributed by atoms with van der Waals surface area (Å²) >= 11 is 0. The summed E-state index contributed by atoms with van der Waals surface area (Å²) in [7, 11) is 2.12. The molecule has 0 aliphatic carbocycles. The SMILES string of the molecule is CCCCN(C)C(C(C)C)C(O)c1ccccc1. The maximum atomic E-state index is 10.6. The van der Waals surface area contributed by atoms with Gasteiger partial charge in [0.25, 0.3) is 0 Å². The number of unbranched alkanes of at least 4 members (excludes halogenated alkanes) is 1. The second kappa shape index (κ2) is 7.55. The topological polar surface area (TPSA) is 23.5 Å². The lowest BCUT2D eigenvalue weighted by Crippen LogP contribution is -2.41. The summed E-state index contributed by atoms with van der Waals surface area (Å²) in [6.07, 6.45) is 1.96. The third-order valence-electron chi connectivity index (χ3n) is 3.52. The third kappa shape index (κ3) is 4.11. The lowest BCUT2D eigenvalue weighted by Gasteiger charge is -2.35. The van der Waals surface area contributed by atoms with Gasteiger partial charge < -0.3 is 10.0 Å². The number of aliphatic hydroxyl groups is 1. The van der Waals surface area contributed by atoms with E-state index in [1.54, 1.807) is 0 Å². The number of benzene rings is 1. The Morgan fingerprint density at radius 3 is 2.28 bits per heavy atom. The molecule has 0 aliphatic rings. The zero-order chi connectivity index (χ0) is 13.5. The molecule has 0 amide bonds. The van der Waals surface area contributed by atoms with Crippen molar-refractivity contribution in [2.24, 2.45) is 5.92 Å².